The van der Waals surface area contributed by atoms with Gasteiger partial charge in [-0.05, 0) is 50.6 Å². The summed E-state index contributed by atoms with van der Waals surface area (Å²) in [4.78, 5) is 36.1. The molecule has 29 heavy (non-hydrogen) atoms. The van der Waals surface area contributed by atoms with E-state index in [9.17, 15) is 9.59 Å². The summed E-state index contributed by atoms with van der Waals surface area (Å²) >= 11 is 0. The van der Waals surface area contributed by atoms with E-state index < -0.39 is 0 Å². The predicted octanol–water partition coefficient (Wildman–Crippen LogP) is 2.03. The van der Waals surface area contributed by atoms with Crippen LogP contribution in [0.25, 0.3) is 11.1 Å². The molecule has 0 aliphatic carbocycles. The molecule has 1 aliphatic heterocycles. The van der Waals surface area contributed by atoms with E-state index in [2.05, 4.69) is 20.2 Å². The SMILES string of the molecule is CCN(c1cc(-c2ccncc2)c[nH]c1=O)C1CCCN(C(=O)/C=C/CNC)C1. The van der Waals surface area contributed by atoms with Crippen LogP contribution in [0.1, 0.15) is 19.8 Å². The van der Waals surface area contributed by atoms with Gasteiger partial charge in [-0.15, -0.1) is 0 Å². The minimum Gasteiger partial charge on any atom is -0.363 e. The first-order chi connectivity index (χ1) is 14.1. The Morgan fingerprint density at radius 2 is 2.17 bits per heavy atom. The standard InChI is InChI=1S/C22H29N5O2/c1-3-27(19-6-5-13-26(16-19)21(28)7-4-10-23-2)20-14-18(15-25-22(20)29)17-8-11-24-12-9-17/h4,7-9,11-12,14-15,19,23H,3,5-6,10,13,16H2,1-2H3,(H,25,29)/b7-4+. The van der Waals surface area contributed by atoms with Crippen LogP contribution >= 0.6 is 0 Å². The first kappa shape index (κ1) is 20.8. The van der Waals surface area contributed by atoms with Crippen LogP contribution in [-0.2, 0) is 4.79 Å². The molecule has 0 bridgehead atoms. The molecule has 1 amide bonds. The highest BCUT2D eigenvalue weighted by Crippen LogP contribution is 2.25. The van der Waals surface area contributed by atoms with Crippen molar-refractivity contribution in [2.24, 2.45) is 0 Å². The fourth-order valence-electron chi connectivity index (χ4n) is 3.81. The van der Waals surface area contributed by atoms with E-state index >= 15 is 0 Å². The summed E-state index contributed by atoms with van der Waals surface area (Å²) in [5.74, 6) is 0.0282. The molecule has 0 radical (unpaired) electrons. The lowest BCUT2D eigenvalue weighted by atomic mass is 10.0. The van der Waals surface area contributed by atoms with Crippen LogP contribution in [0.15, 0.2) is 53.7 Å². The van der Waals surface area contributed by atoms with Gasteiger partial charge in [0.25, 0.3) is 5.56 Å². The fourth-order valence-corrected chi connectivity index (χ4v) is 3.81. The van der Waals surface area contributed by atoms with Crippen LogP contribution in [0.5, 0.6) is 0 Å². The van der Waals surface area contributed by atoms with E-state index in [0.29, 0.717) is 25.3 Å². The van der Waals surface area contributed by atoms with Crippen LogP contribution < -0.4 is 15.8 Å². The summed E-state index contributed by atoms with van der Waals surface area (Å²) in [7, 11) is 1.85. The normalized spacial score (nSPS) is 16.9. The summed E-state index contributed by atoms with van der Waals surface area (Å²) < 4.78 is 0. The van der Waals surface area contributed by atoms with Gasteiger partial charge in [-0.2, -0.15) is 0 Å². The number of pyridine rings is 2. The topological polar surface area (TPSA) is 81.3 Å². The van der Waals surface area contributed by atoms with Crippen molar-refractivity contribution in [3.05, 3.63) is 59.3 Å². The largest absolute Gasteiger partial charge is 0.363 e. The van der Waals surface area contributed by atoms with Gasteiger partial charge in [0, 0.05) is 62.5 Å². The Bertz CT molecular complexity index is 894. The van der Waals surface area contributed by atoms with Crippen molar-refractivity contribution >= 4 is 11.6 Å². The van der Waals surface area contributed by atoms with Gasteiger partial charge in [-0.25, -0.2) is 0 Å². The molecule has 7 heteroatoms. The number of rotatable bonds is 7. The van der Waals surface area contributed by atoms with Gasteiger partial charge in [0.1, 0.15) is 5.69 Å². The number of anilines is 1. The number of carbonyl (C=O) groups excluding carboxylic acids is 1. The van der Waals surface area contributed by atoms with E-state index in [0.717, 1.165) is 30.5 Å². The molecule has 2 aromatic rings. The number of likely N-dealkylation sites (tertiary alicyclic amines) is 1. The molecule has 0 spiro atoms. The third kappa shape index (κ3) is 5.12. The summed E-state index contributed by atoms with van der Waals surface area (Å²) in [5, 5.41) is 3.00. The average molecular weight is 396 g/mol. The number of nitrogens with one attached hydrogen (secondary N) is 2. The maximum absolute atomic E-state index is 12.6. The van der Waals surface area contributed by atoms with E-state index in [1.807, 2.05) is 43.1 Å². The molecule has 1 aliphatic rings. The van der Waals surface area contributed by atoms with E-state index in [1.54, 1.807) is 24.7 Å². The van der Waals surface area contributed by atoms with Gasteiger partial charge in [0.05, 0.1) is 0 Å². The van der Waals surface area contributed by atoms with Crippen LogP contribution in [0.3, 0.4) is 0 Å². The molecule has 1 saturated heterocycles. The Morgan fingerprint density at radius 1 is 1.38 bits per heavy atom. The summed E-state index contributed by atoms with van der Waals surface area (Å²) in [6.07, 6.45) is 10.6. The molecule has 1 fully saturated rings. The Kier molecular flexibility index (Phi) is 7.19. The van der Waals surface area contributed by atoms with Gasteiger partial charge in [-0.1, -0.05) is 6.08 Å². The monoisotopic (exact) mass is 395 g/mol. The highest BCUT2D eigenvalue weighted by molar-refractivity contribution is 5.87. The zero-order valence-electron chi connectivity index (χ0n) is 17.1. The number of piperidine rings is 1. The molecule has 1 atom stereocenters. The lowest BCUT2D eigenvalue weighted by molar-refractivity contribution is -0.127. The minimum absolute atomic E-state index is 0.0282. The molecule has 3 rings (SSSR count). The van der Waals surface area contributed by atoms with Crippen molar-refractivity contribution in [2.45, 2.75) is 25.8 Å². The first-order valence-corrected chi connectivity index (χ1v) is 10.1. The van der Waals surface area contributed by atoms with Crippen molar-refractivity contribution in [1.29, 1.82) is 0 Å². The van der Waals surface area contributed by atoms with Crippen molar-refractivity contribution < 1.29 is 4.79 Å². The number of likely N-dealkylation sites (N-methyl/N-ethyl adjacent to an activating group) is 2. The predicted molar refractivity (Wildman–Crippen MR) is 116 cm³/mol. The van der Waals surface area contributed by atoms with Gasteiger partial charge in [0.15, 0.2) is 0 Å². The molecule has 7 nitrogen and oxygen atoms in total. The number of carbonyl (C=O) groups is 1. The zero-order valence-corrected chi connectivity index (χ0v) is 17.1. The van der Waals surface area contributed by atoms with Crippen molar-refractivity contribution in [3.8, 4) is 11.1 Å². The number of aromatic nitrogens is 2. The second-order valence-electron chi connectivity index (χ2n) is 7.16. The van der Waals surface area contributed by atoms with Gasteiger partial charge in [0.2, 0.25) is 5.91 Å². The number of hydrogen-bond acceptors (Lipinski definition) is 5. The van der Waals surface area contributed by atoms with Crippen molar-refractivity contribution in [3.63, 3.8) is 0 Å². The second-order valence-corrected chi connectivity index (χ2v) is 7.16. The Hall–Kier alpha value is -2.93. The number of amides is 1. The molecular weight excluding hydrogens is 366 g/mol. The fraction of sp³-hybridized carbons (Fsp3) is 0.409. The average Bonchev–Trinajstić information content (AvgIpc) is 2.76. The maximum atomic E-state index is 12.6. The lowest BCUT2D eigenvalue weighted by Gasteiger charge is -2.39. The van der Waals surface area contributed by atoms with Crippen molar-refractivity contribution in [1.82, 2.24) is 20.2 Å². The number of aromatic amines is 1. The summed E-state index contributed by atoms with van der Waals surface area (Å²) in [5.41, 5.74) is 2.48. The van der Waals surface area contributed by atoms with Crippen LogP contribution in [0.2, 0.25) is 0 Å². The van der Waals surface area contributed by atoms with Crippen LogP contribution in [0, 0.1) is 0 Å². The number of nitrogens with zero attached hydrogens (tertiary/aromatic N) is 3. The Balaban J connectivity index is 1.82. The number of hydrogen-bond donors (Lipinski definition) is 2. The van der Waals surface area contributed by atoms with E-state index in [4.69, 9.17) is 0 Å². The summed E-state index contributed by atoms with van der Waals surface area (Å²) in [6.45, 7) is 4.79. The quantitative estimate of drug-likeness (QED) is 0.701. The smallest absolute Gasteiger partial charge is 0.271 e. The van der Waals surface area contributed by atoms with Crippen LogP contribution in [-0.4, -0.2) is 60.0 Å². The van der Waals surface area contributed by atoms with Crippen molar-refractivity contribution in [2.75, 3.05) is 38.1 Å². The van der Waals surface area contributed by atoms with E-state index in [1.165, 1.54) is 0 Å². The van der Waals surface area contributed by atoms with E-state index in [-0.39, 0.29) is 17.5 Å². The molecule has 2 N–H and O–H groups in total. The summed E-state index contributed by atoms with van der Waals surface area (Å²) in [6, 6.07) is 5.90. The lowest BCUT2D eigenvalue weighted by Crippen LogP contribution is -2.50. The third-order valence-corrected chi connectivity index (χ3v) is 5.28. The Morgan fingerprint density at radius 3 is 2.90 bits per heavy atom. The van der Waals surface area contributed by atoms with Gasteiger partial charge >= 0.3 is 0 Å². The molecular formula is C22H29N5O2. The molecule has 3 heterocycles. The highest BCUT2D eigenvalue weighted by Gasteiger charge is 2.28. The Labute approximate surface area is 171 Å². The first-order valence-electron chi connectivity index (χ1n) is 10.1. The molecule has 2 aromatic heterocycles. The molecule has 1 unspecified atom stereocenters. The number of H-pyrrole nitrogens is 1. The highest BCUT2D eigenvalue weighted by atomic mass is 16.2. The van der Waals surface area contributed by atoms with Gasteiger partial charge < -0.3 is 20.1 Å². The second kappa shape index (κ2) is 10.0. The maximum Gasteiger partial charge on any atom is 0.271 e. The molecule has 0 aromatic carbocycles. The zero-order chi connectivity index (χ0) is 20.6. The minimum atomic E-state index is -0.109. The van der Waals surface area contributed by atoms with Gasteiger partial charge in [-0.3, -0.25) is 14.6 Å². The molecule has 0 saturated carbocycles. The van der Waals surface area contributed by atoms with Crippen LogP contribution in [0.4, 0.5) is 5.69 Å². The third-order valence-electron chi connectivity index (χ3n) is 5.28. The molecule has 154 valence electrons.